The van der Waals surface area contributed by atoms with Gasteiger partial charge in [-0.3, -0.25) is 14.5 Å². The molecule has 1 saturated heterocycles. The average Bonchev–Trinajstić information content (AvgIpc) is 2.92. The zero-order valence-corrected chi connectivity index (χ0v) is 9.63. The Morgan fingerprint density at radius 1 is 1.24 bits per heavy atom. The van der Waals surface area contributed by atoms with Crippen molar-refractivity contribution in [1.82, 2.24) is 4.90 Å². The molecular weight excluding hydrogens is 222 g/mol. The van der Waals surface area contributed by atoms with Gasteiger partial charge in [-0.15, -0.1) is 0 Å². The molecule has 1 aliphatic heterocycles. The van der Waals surface area contributed by atoms with E-state index in [9.17, 15) is 14.4 Å². The topological polar surface area (TPSA) is 74.7 Å². The first-order valence-corrected chi connectivity index (χ1v) is 6.12. The van der Waals surface area contributed by atoms with Crippen molar-refractivity contribution in [3.63, 3.8) is 0 Å². The minimum Gasteiger partial charge on any atom is -0.480 e. The van der Waals surface area contributed by atoms with E-state index in [0.29, 0.717) is 11.8 Å². The maximum atomic E-state index is 12.2. The van der Waals surface area contributed by atoms with E-state index in [0.717, 1.165) is 24.2 Å². The number of imide groups is 1. The van der Waals surface area contributed by atoms with Gasteiger partial charge in [-0.25, -0.2) is 4.79 Å². The van der Waals surface area contributed by atoms with E-state index in [2.05, 4.69) is 0 Å². The molecule has 0 aromatic carbocycles. The van der Waals surface area contributed by atoms with E-state index in [-0.39, 0.29) is 23.7 Å². The molecule has 5 nitrogen and oxygen atoms in total. The smallest absolute Gasteiger partial charge is 0.326 e. The number of fused-ring (bicyclic) bond motifs is 5. The number of carbonyl (C=O) groups excluding carboxylic acids is 2. The Labute approximate surface area is 98.8 Å². The van der Waals surface area contributed by atoms with Crippen molar-refractivity contribution in [3.05, 3.63) is 0 Å². The molecule has 92 valence electrons. The molecule has 2 amide bonds. The van der Waals surface area contributed by atoms with Crippen LogP contribution in [-0.2, 0) is 14.4 Å². The Morgan fingerprint density at radius 2 is 1.71 bits per heavy atom. The second-order valence-corrected chi connectivity index (χ2v) is 5.45. The van der Waals surface area contributed by atoms with Gasteiger partial charge in [0.15, 0.2) is 0 Å². The Kier molecular flexibility index (Phi) is 2.09. The normalized spacial score (nSPS) is 40.9. The number of rotatable bonds is 2. The monoisotopic (exact) mass is 237 g/mol. The second kappa shape index (κ2) is 3.31. The van der Waals surface area contributed by atoms with Gasteiger partial charge < -0.3 is 5.11 Å². The van der Waals surface area contributed by atoms with Crippen LogP contribution < -0.4 is 0 Å². The summed E-state index contributed by atoms with van der Waals surface area (Å²) in [5.41, 5.74) is 0. The number of carboxylic acid groups (broad SMARTS) is 1. The fourth-order valence-corrected chi connectivity index (χ4v) is 3.92. The maximum Gasteiger partial charge on any atom is 0.326 e. The van der Waals surface area contributed by atoms with E-state index in [1.54, 1.807) is 0 Å². The second-order valence-electron chi connectivity index (χ2n) is 5.45. The van der Waals surface area contributed by atoms with Crippen molar-refractivity contribution in [3.8, 4) is 0 Å². The van der Waals surface area contributed by atoms with Crippen molar-refractivity contribution in [2.24, 2.45) is 23.7 Å². The van der Waals surface area contributed by atoms with Gasteiger partial charge in [0.1, 0.15) is 6.04 Å². The van der Waals surface area contributed by atoms with Crippen LogP contribution in [0.5, 0.6) is 0 Å². The van der Waals surface area contributed by atoms with Gasteiger partial charge in [-0.1, -0.05) is 0 Å². The van der Waals surface area contributed by atoms with Crippen LogP contribution in [0.25, 0.3) is 0 Å². The van der Waals surface area contributed by atoms with E-state index >= 15 is 0 Å². The highest BCUT2D eigenvalue weighted by molar-refractivity contribution is 6.08. The number of carbonyl (C=O) groups is 3. The first-order valence-electron chi connectivity index (χ1n) is 6.12. The highest BCUT2D eigenvalue weighted by Crippen LogP contribution is 2.56. The number of carboxylic acids is 1. The zero-order chi connectivity index (χ0) is 12.3. The first-order chi connectivity index (χ1) is 8.02. The van der Waals surface area contributed by atoms with Crippen LogP contribution in [0, 0.1) is 23.7 Å². The molecule has 2 bridgehead atoms. The minimum atomic E-state index is -1.11. The van der Waals surface area contributed by atoms with Gasteiger partial charge in [0.05, 0.1) is 11.8 Å². The molecule has 5 atom stereocenters. The Morgan fingerprint density at radius 3 is 2.12 bits per heavy atom. The Bertz CT molecular complexity index is 391. The van der Waals surface area contributed by atoms with Crippen molar-refractivity contribution in [1.29, 1.82) is 0 Å². The minimum absolute atomic E-state index is 0.219. The van der Waals surface area contributed by atoms with E-state index < -0.39 is 12.0 Å². The number of aliphatic carboxylic acids is 1. The predicted molar refractivity (Wildman–Crippen MR) is 56.8 cm³/mol. The molecule has 0 aromatic rings. The zero-order valence-electron chi connectivity index (χ0n) is 9.63. The molecule has 0 aromatic heterocycles. The van der Waals surface area contributed by atoms with Gasteiger partial charge in [-0.05, 0) is 38.0 Å². The van der Waals surface area contributed by atoms with Crippen LogP contribution in [0.3, 0.4) is 0 Å². The molecule has 1 N–H and O–H groups in total. The lowest BCUT2D eigenvalue weighted by Crippen LogP contribution is -2.44. The third kappa shape index (κ3) is 1.22. The molecule has 3 rings (SSSR count). The molecule has 3 fully saturated rings. The summed E-state index contributed by atoms with van der Waals surface area (Å²) in [5, 5.41) is 8.94. The summed E-state index contributed by atoms with van der Waals surface area (Å²) >= 11 is 0. The lowest BCUT2D eigenvalue weighted by atomic mass is 9.81. The van der Waals surface area contributed by atoms with Crippen LogP contribution >= 0.6 is 0 Å². The van der Waals surface area contributed by atoms with E-state index in [1.807, 2.05) is 0 Å². The van der Waals surface area contributed by atoms with Crippen molar-refractivity contribution >= 4 is 17.8 Å². The summed E-state index contributed by atoms with van der Waals surface area (Å²) in [4.78, 5) is 36.3. The predicted octanol–water partition coefficient (Wildman–Crippen LogP) is 0.491. The highest BCUT2D eigenvalue weighted by Gasteiger charge is 2.62. The molecule has 5 heteroatoms. The van der Waals surface area contributed by atoms with Gasteiger partial charge in [-0.2, -0.15) is 0 Å². The Balaban J connectivity index is 1.93. The molecule has 1 heterocycles. The molecule has 17 heavy (non-hydrogen) atoms. The molecule has 0 spiro atoms. The summed E-state index contributed by atoms with van der Waals surface area (Å²) in [6, 6.07) is -1.03. The van der Waals surface area contributed by atoms with Crippen LogP contribution in [0.1, 0.15) is 26.2 Å². The number of amides is 2. The van der Waals surface area contributed by atoms with Crippen LogP contribution in [0.2, 0.25) is 0 Å². The SMILES string of the molecule is C[C@@H](C(=O)O)N1C(=O)[C@@H]2[C@@H]3CC[C@@H](C3)[C@@H]2C1=O. The maximum absolute atomic E-state index is 12.2. The first kappa shape index (κ1) is 10.7. The fourth-order valence-electron chi connectivity index (χ4n) is 3.92. The molecule has 0 unspecified atom stereocenters. The lowest BCUT2D eigenvalue weighted by Gasteiger charge is -2.20. The number of hydrogen-bond acceptors (Lipinski definition) is 3. The molecular formula is C12H15NO4. The molecule has 3 aliphatic rings. The van der Waals surface area contributed by atoms with Crippen LogP contribution in [0.4, 0.5) is 0 Å². The van der Waals surface area contributed by atoms with E-state index in [1.165, 1.54) is 6.92 Å². The summed E-state index contributed by atoms with van der Waals surface area (Å²) in [6.45, 7) is 1.40. The van der Waals surface area contributed by atoms with Crippen molar-refractivity contribution in [2.75, 3.05) is 0 Å². The quantitative estimate of drug-likeness (QED) is 0.709. The highest BCUT2D eigenvalue weighted by atomic mass is 16.4. The number of hydrogen-bond donors (Lipinski definition) is 1. The third-order valence-electron chi connectivity index (χ3n) is 4.71. The third-order valence-corrected chi connectivity index (χ3v) is 4.71. The number of nitrogens with zero attached hydrogens (tertiary/aromatic N) is 1. The van der Waals surface area contributed by atoms with Gasteiger partial charge >= 0.3 is 5.97 Å². The van der Waals surface area contributed by atoms with Crippen LogP contribution in [-0.4, -0.2) is 33.8 Å². The van der Waals surface area contributed by atoms with E-state index in [4.69, 9.17) is 5.11 Å². The molecule has 2 saturated carbocycles. The molecule has 2 aliphatic carbocycles. The fraction of sp³-hybridized carbons (Fsp3) is 0.750. The van der Waals surface area contributed by atoms with Crippen LogP contribution in [0.15, 0.2) is 0 Å². The molecule has 0 radical (unpaired) electrons. The summed E-state index contributed by atoms with van der Waals surface area (Å²) in [5.74, 6) is -1.42. The largest absolute Gasteiger partial charge is 0.480 e. The lowest BCUT2D eigenvalue weighted by molar-refractivity contribution is -0.154. The number of likely N-dealkylation sites (tertiary alicyclic amines) is 1. The summed E-state index contributed by atoms with van der Waals surface area (Å²) in [7, 11) is 0. The standard InChI is InChI=1S/C12H15NO4/c1-5(12(16)17)13-10(14)8-6-2-3-7(4-6)9(8)11(13)15/h5-9H,2-4H2,1H3,(H,16,17)/t5-,6-,7+,8-,9+/m0/s1. The average molecular weight is 237 g/mol. The van der Waals surface area contributed by atoms with Gasteiger partial charge in [0.25, 0.3) is 0 Å². The van der Waals surface area contributed by atoms with Gasteiger partial charge in [0.2, 0.25) is 11.8 Å². The van der Waals surface area contributed by atoms with Crippen molar-refractivity contribution < 1.29 is 19.5 Å². The van der Waals surface area contributed by atoms with Gasteiger partial charge in [0, 0.05) is 0 Å². The summed E-state index contributed by atoms with van der Waals surface area (Å²) < 4.78 is 0. The Hall–Kier alpha value is -1.39. The summed E-state index contributed by atoms with van der Waals surface area (Å²) in [6.07, 6.45) is 3.00. The van der Waals surface area contributed by atoms with Crippen molar-refractivity contribution in [2.45, 2.75) is 32.2 Å².